The van der Waals surface area contributed by atoms with Crippen molar-refractivity contribution >= 4 is 23.4 Å². The predicted molar refractivity (Wildman–Crippen MR) is 125 cm³/mol. The van der Waals surface area contributed by atoms with E-state index in [0.717, 1.165) is 17.0 Å². The summed E-state index contributed by atoms with van der Waals surface area (Å²) >= 11 is 1.20. The Hall–Kier alpha value is -3.86. The second kappa shape index (κ2) is 9.74. The second-order valence-corrected chi connectivity index (χ2v) is 8.18. The molecule has 0 radical (unpaired) electrons. The van der Waals surface area contributed by atoms with Gasteiger partial charge in [-0.3, -0.25) is 14.3 Å². The van der Waals surface area contributed by atoms with Crippen LogP contribution >= 0.6 is 11.8 Å². The highest BCUT2D eigenvalue weighted by Gasteiger charge is 2.19. The molecule has 4 rings (SSSR count). The van der Waals surface area contributed by atoms with Crippen molar-refractivity contribution in [3.63, 3.8) is 0 Å². The summed E-state index contributed by atoms with van der Waals surface area (Å²) in [4.78, 5) is 25.6. The molecule has 0 aliphatic carbocycles. The van der Waals surface area contributed by atoms with Gasteiger partial charge in [-0.05, 0) is 47.2 Å². The van der Waals surface area contributed by atoms with Crippen LogP contribution in [-0.2, 0) is 18.4 Å². The van der Waals surface area contributed by atoms with E-state index in [1.807, 2.05) is 54.6 Å². The lowest BCUT2D eigenvalue weighted by molar-refractivity contribution is -0.113. The molecule has 170 valence electrons. The fourth-order valence-corrected chi connectivity index (χ4v) is 4.00. The molecule has 0 saturated carbocycles. The Balaban J connectivity index is 1.43. The first-order valence-electron chi connectivity index (χ1n) is 10.1. The van der Waals surface area contributed by atoms with E-state index in [2.05, 4.69) is 20.8 Å². The SMILES string of the molecule is COc1ccc(Cn2nnnc2SCC(=O)Nc2c(C)n(C)n(-c3ccccc3)c2=O)cc1. The first-order valence-corrected chi connectivity index (χ1v) is 11.1. The molecule has 2 aromatic carbocycles. The maximum Gasteiger partial charge on any atom is 0.295 e. The molecular weight excluding hydrogens is 442 g/mol. The van der Waals surface area contributed by atoms with E-state index >= 15 is 0 Å². The third-order valence-corrected chi connectivity index (χ3v) is 6.10. The summed E-state index contributed by atoms with van der Waals surface area (Å²) in [6.07, 6.45) is 0. The van der Waals surface area contributed by atoms with Gasteiger partial charge in [-0.1, -0.05) is 42.1 Å². The molecule has 0 bridgehead atoms. The van der Waals surface area contributed by atoms with Gasteiger partial charge in [-0.2, -0.15) is 0 Å². The van der Waals surface area contributed by atoms with Crippen molar-refractivity contribution in [2.24, 2.45) is 7.05 Å². The third-order valence-electron chi connectivity index (χ3n) is 5.14. The smallest absolute Gasteiger partial charge is 0.295 e. The first-order chi connectivity index (χ1) is 16.0. The van der Waals surface area contributed by atoms with E-state index < -0.39 is 0 Å². The van der Waals surface area contributed by atoms with E-state index in [4.69, 9.17) is 4.74 Å². The van der Waals surface area contributed by atoms with Crippen LogP contribution < -0.4 is 15.6 Å². The molecule has 0 unspecified atom stereocenters. The van der Waals surface area contributed by atoms with Gasteiger partial charge in [0.05, 0.1) is 30.8 Å². The minimum atomic E-state index is -0.315. The number of anilines is 1. The molecule has 0 aliphatic heterocycles. The van der Waals surface area contributed by atoms with Crippen molar-refractivity contribution < 1.29 is 9.53 Å². The number of hydrogen-bond acceptors (Lipinski definition) is 7. The maximum atomic E-state index is 13.0. The minimum Gasteiger partial charge on any atom is -0.497 e. The number of nitrogens with one attached hydrogen (secondary N) is 1. The minimum absolute atomic E-state index is 0.0576. The summed E-state index contributed by atoms with van der Waals surface area (Å²) in [6, 6.07) is 16.9. The number of ether oxygens (including phenoxy) is 1. The molecule has 11 heteroatoms. The Kier molecular flexibility index (Phi) is 6.59. The molecule has 0 saturated heterocycles. The Morgan fingerprint density at radius 1 is 1.12 bits per heavy atom. The van der Waals surface area contributed by atoms with E-state index in [-0.39, 0.29) is 22.9 Å². The number of thioether (sulfide) groups is 1. The molecule has 2 aromatic heterocycles. The van der Waals surface area contributed by atoms with Crippen LogP contribution in [0.3, 0.4) is 0 Å². The standard InChI is InChI=1S/C22H23N7O3S/c1-15-20(21(31)29(27(15)2)17-7-5-4-6-8-17)23-19(30)14-33-22-24-25-26-28(22)13-16-9-11-18(32-3)12-10-16/h4-12H,13-14H2,1-3H3,(H,23,30). The van der Waals surface area contributed by atoms with E-state index in [1.54, 1.807) is 30.4 Å². The Bertz CT molecular complexity index is 1310. The number of benzene rings is 2. The summed E-state index contributed by atoms with van der Waals surface area (Å²) in [5.41, 5.74) is 2.34. The van der Waals surface area contributed by atoms with E-state index in [0.29, 0.717) is 17.4 Å². The number of carbonyl (C=O) groups is 1. The Morgan fingerprint density at radius 2 is 1.85 bits per heavy atom. The van der Waals surface area contributed by atoms with Crippen LogP contribution in [0.5, 0.6) is 5.75 Å². The summed E-state index contributed by atoms with van der Waals surface area (Å²) in [7, 11) is 3.39. The van der Waals surface area contributed by atoms with Crippen molar-refractivity contribution in [3.05, 3.63) is 76.2 Å². The van der Waals surface area contributed by atoms with Crippen molar-refractivity contribution in [3.8, 4) is 11.4 Å². The van der Waals surface area contributed by atoms with E-state index in [1.165, 1.54) is 16.4 Å². The van der Waals surface area contributed by atoms with E-state index in [9.17, 15) is 9.59 Å². The Morgan fingerprint density at radius 3 is 2.55 bits per heavy atom. The second-order valence-electron chi connectivity index (χ2n) is 7.24. The molecule has 1 amide bonds. The van der Waals surface area contributed by atoms with Crippen molar-refractivity contribution in [2.45, 2.75) is 18.6 Å². The molecule has 33 heavy (non-hydrogen) atoms. The van der Waals surface area contributed by atoms with Gasteiger partial charge in [0.15, 0.2) is 0 Å². The number of hydrogen-bond donors (Lipinski definition) is 1. The molecule has 1 N–H and O–H groups in total. The summed E-state index contributed by atoms with van der Waals surface area (Å²) in [6.45, 7) is 2.25. The van der Waals surface area contributed by atoms with Crippen LogP contribution in [0.4, 0.5) is 5.69 Å². The lowest BCUT2D eigenvalue weighted by atomic mass is 10.2. The van der Waals surface area contributed by atoms with Crippen LogP contribution in [0.1, 0.15) is 11.3 Å². The lowest BCUT2D eigenvalue weighted by Gasteiger charge is -2.07. The van der Waals surface area contributed by atoms with Crippen molar-refractivity contribution in [1.29, 1.82) is 0 Å². The number of nitrogens with zero attached hydrogens (tertiary/aromatic N) is 6. The van der Waals surface area contributed by atoms with Crippen LogP contribution in [-0.4, -0.2) is 48.3 Å². The number of amides is 1. The fourth-order valence-electron chi connectivity index (χ4n) is 3.32. The molecule has 0 atom stereocenters. The molecule has 2 heterocycles. The lowest BCUT2D eigenvalue weighted by Crippen LogP contribution is -2.23. The predicted octanol–water partition coefficient (Wildman–Crippen LogP) is 2.26. The number of methoxy groups -OCH3 is 1. The molecule has 0 spiro atoms. The monoisotopic (exact) mass is 465 g/mol. The normalized spacial score (nSPS) is 10.9. The highest BCUT2D eigenvalue weighted by Crippen LogP contribution is 2.18. The van der Waals surface area contributed by atoms with Gasteiger partial charge >= 0.3 is 0 Å². The molecule has 0 fully saturated rings. The first kappa shape index (κ1) is 22.3. The number of aromatic nitrogens is 6. The van der Waals surface area contributed by atoms with Gasteiger partial charge < -0.3 is 10.1 Å². The van der Waals surface area contributed by atoms with Crippen molar-refractivity contribution in [2.75, 3.05) is 18.2 Å². The highest BCUT2D eigenvalue weighted by molar-refractivity contribution is 7.99. The number of tetrazole rings is 1. The third kappa shape index (κ3) is 4.82. The Labute approximate surface area is 194 Å². The summed E-state index contributed by atoms with van der Waals surface area (Å²) in [5, 5.41) is 15.0. The van der Waals surface area contributed by atoms with Crippen LogP contribution in [0.25, 0.3) is 5.69 Å². The largest absolute Gasteiger partial charge is 0.497 e. The zero-order chi connectivity index (χ0) is 23.4. The average Bonchev–Trinajstić information content (AvgIpc) is 3.36. The van der Waals surface area contributed by atoms with Gasteiger partial charge in [0, 0.05) is 7.05 Å². The number of carbonyl (C=O) groups excluding carboxylic acids is 1. The van der Waals surface area contributed by atoms with Gasteiger partial charge in [-0.25, -0.2) is 9.36 Å². The molecule has 0 aliphatic rings. The zero-order valence-corrected chi connectivity index (χ0v) is 19.2. The maximum absolute atomic E-state index is 13.0. The van der Waals surface area contributed by atoms with Crippen molar-refractivity contribution in [1.82, 2.24) is 29.6 Å². The van der Waals surface area contributed by atoms with Crippen LogP contribution in [0.2, 0.25) is 0 Å². The topological polar surface area (TPSA) is 109 Å². The number of rotatable bonds is 8. The number of para-hydroxylation sites is 1. The van der Waals surface area contributed by atoms with Gasteiger partial charge in [-0.15, -0.1) is 5.10 Å². The van der Waals surface area contributed by atoms with Crippen LogP contribution in [0, 0.1) is 6.92 Å². The quantitative estimate of drug-likeness (QED) is 0.398. The molecule has 4 aromatic rings. The molecule has 10 nitrogen and oxygen atoms in total. The summed E-state index contributed by atoms with van der Waals surface area (Å²) in [5.74, 6) is 0.511. The zero-order valence-electron chi connectivity index (χ0n) is 18.4. The van der Waals surface area contributed by atoms with Gasteiger partial charge in [0.2, 0.25) is 11.1 Å². The van der Waals surface area contributed by atoms with Gasteiger partial charge in [0.25, 0.3) is 5.56 Å². The summed E-state index contributed by atoms with van der Waals surface area (Å²) < 4.78 is 10.0. The highest BCUT2D eigenvalue weighted by atomic mass is 32.2. The average molecular weight is 466 g/mol. The van der Waals surface area contributed by atoms with Crippen LogP contribution in [0.15, 0.2) is 64.5 Å². The fraction of sp³-hybridized carbons (Fsp3) is 0.227. The molecular formula is C22H23N7O3S. The van der Waals surface area contributed by atoms with Gasteiger partial charge in [0.1, 0.15) is 11.4 Å².